The maximum Gasteiger partial charge on any atom is 0.226 e. The van der Waals surface area contributed by atoms with Crippen molar-refractivity contribution in [3.63, 3.8) is 0 Å². The first kappa shape index (κ1) is 22.2. The largest absolute Gasteiger partial charge is 0.394 e. The Balaban J connectivity index is 1.35. The van der Waals surface area contributed by atoms with E-state index < -0.39 is 24.2 Å². The third kappa shape index (κ3) is 3.76. The minimum atomic E-state index is -0.765. The van der Waals surface area contributed by atoms with Crippen LogP contribution in [0.1, 0.15) is 44.4 Å². The van der Waals surface area contributed by atoms with Gasteiger partial charge in [-0.15, -0.1) is 0 Å². The zero-order valence-electron chi connectivity index (χ0n) is 19.2. The molecule has 10 heteroatoms. The molecule has 5 atom stereocenters. The molecule has 1 N–H and O–H groups in total. The summed E-state index contributed by atoms with van der Waals surface area (Å²) in [5.41, 5.74) is 2.58. The molecule has 3 saturated heterocycles. The molecule has 3 aliphatic rings. The zero-order chi connectivity index (χ0) is 23.4. The number of fused-ring (bicyclic) bond motifs is 2. The van der Waals surface area contributed by atoms with E-state index in [1.54, 1.807) is 6.33 Å². The Hall–Kier alpha value is -2.30. The quantitative estimate of drug-likeness (QED) is 0.563. The van der Waals surface area contributed by atoms with E-state index in [0.717, 1.165) is 31.7 Å². The van der Waals surface area contributed by atoms with Crippen LogP contribution in [0.2, 0.25) is 5.28 Å². The fraction of sp³-hybridized carbons (Fsp3) is 0.542. The van der Waals surface area contributed by atoms with Gasteiger partial charge in [-0.2, -0.15) is 9.97 Å². The summed E-state index contributed by atoms with van der Waals surface area (Å²) in [4.78, 5) is 16.0. The lowest BCUT2D eigenvalue weighted by Gasteiger charge is -2.34. The van der Waals surface area contributed by atoms with Gasteiger partial charge >= 0.3 is 0 Å². The Bertz CT molecular complexity index is 1190. The second kappa shape index (κ2) is 8.42. The van der Waals surface area contributed by atoms with Crippen molar-refractivity contribution in [2.75, 3.05) is 24.6 Å². The summed E-state index contributed by atoms with van der Waals surface area (Å²) in [6.07, 6.45) is 2.04. The molecule has 0 amide bonds. The molecule has 0 aliphatic carbocycles. The predicted octanol–water partition coefficient (Wildman–Crippen LogP) is 3.27. The van der Waals surface area contributed by atoms with Crippen LogP contribution in [0.25, 0.3) is 11.2 Å². The van der Waals surface area contributed by atoms with E-state index in [0.29, 0.717) is 17.1 Å². The number of benzene rings is 1. The van der Waals surface area contributed by atoms with Crippen molar-refractivity contribution in [1.29, 1.82) is 0 Å². The number of aliphatic hydroxyl groups excluding tert-OH is 1. The summed E-state index contributed by atoms with van der Waals surface area (Å²) < 4.78 is 20.1. The van der Waals surface area contributed by atoms with Crippen LogP contribution in [-0.4, -0.2) is 68.4 Å². The van der Waals surface area contributed by atoms with Crippen molar-refractivity contribution in [2.45, 2.75) is 62.9 Å². The molecule has 0 bridgehead atoms. The standard InChI is InChI=1S/C24H28ClN5O4/c1-24(2)33-18-16(12-31)32-22(19(18)34-24)30-13-26-17-20(27-23(25)28-21(17)30)29-10-6-9-15(11-29)14-7-4-3-5-8-14/h3-5,7-8,13,15-16,18-19,22,31H,6,9-12H2,1-2H3/t15?,16-,18+,19?,22-/m1/s1. The van der Waals surface area contributed by atoms with Crippen LogP contribution in [-0.2, 0) is 14.2 Å². The van der Waals surface area contributed by atoms with E-state index in [-0.39, 0.29) is 18.0 Å². The molecule has 0 saturated carbocycles. The maximum absolute atomic E-state index is 9.85. The van der Waals surface area contributed by atoms with Gasteiger partial charge in [-0.25, -0.2) is 4.98 Å². The molecule has 9 nitrogen and oxygen atoms in total. The highest BCUT2D eigenvalue weighted by Gasteiger charge is 2.56. The predicted molar refractivity (Wildman–Crippen MR) is 126 cm³/mol. The van der Waals surface area contributed by atoms with Crippen LogP contribution in [0.5, 0.6) is 0 Å². The molecule has 1 aromatic carbocycles. The van der Waals surface area contributed by atoms with Gasteiger partial charge in [0.1, 0.15) is 18.3 Å². The van der Waals surface area contributed by atoms with Gasteiger partial charge in [0.25, 0.3) is 0 Å². The molecular weight excluding hydrogens is 458 g/mol. The Kier molecular flexibility index (Phi) is 5.50. The first-order valence-electron chi connectivity index (χ1n) is 11.8. The van der Waals surface area contributed by atoms with Crippen LogP contribution in [0.4, 0.5) is 5.82 Å². The summed E-state index contributed by atoms with van der Waals surface area (Å²) in [6.45, 7) is 5.26. The van der Waals surface area contributed by atoms with E-state index in [1.807, 2.05) is 24.5 Å². The number of piperidine rings is 1. The molecule has 180 valence electrons. The van der Waals surface area contributed by atoms with Crippen LogP contribution >= 0.6 is 11.6 Å². The second-order valence-electron chi connectivity index (χ2n) is 9.65. The number of aliphatic hydroxyl groups is 1. The molecule has 34 heavy (non-hydrogen) atoms. The molecular formula is C24H28ClN5O4. The number of anilines is 1. The topological polar surface area (TPSA) is 94.8 Å². The third-order valence-corrected chi connectivity index (χ3v) is 7.12. The van der Waals surface area contributed by atoms with Crippen LogP contribution in [0.15, 0.2) is 36.7 Å². The maximum atomic E-state index is 9.85. The Labute approximate surface area is 202 Å². The van der Waals surface area contributed by atoms with Gasteiger partial charge < -0.3 is 24.2 Å². The second-order valence-corrected chi connectivity index (χ2v) is 9.99. The first-order valence-corrected chi connectivity index (χ1v) is 12.1. The van der Waals surface area contributed by atoms with Crippen LogP contribution in [0.3, 0.4) is 0 Å². The highest BCUT2D eigenvalue weighted by Crippen LogP contribution is 2.44. The molecule has 3 aromatic rings. The van der Waals surface area contributed by atoms with Gasteiger partial charge in [0.2, 0.25) is 5.28 Å². The number of hydrogen-bond acceptors (Lipinski definition) is 8. The fourth-order valence-electron chi connectivity index (χ4n) is 5.48. The van der Waals surface area contributed by atoms with E-state index in [2.05, 4.69) is 44.1 Å². The molecule has 0 radical (unpaired) electrons. The average Bonchev–Trinajstić information content (AvgIpc) is 3.49. The minimum Gasteiger partial charge on any atom is -0.394 e. The molecule has 0 spiro atoms. The normalized spacial score (nSPS) is 30.7. The molecule has 5 heterocycles. The molecule has 3 aliphatic heterocycles. The Morgan fingerprint density at radius 3 is 2.74 bits per heavy atom. The SMILES string of the molecule is CC1(C)OC2[C@@H](O1)[C@@H](CO)O[C@H]2n1cnc2c(N3CCCC(c4ccccc4)C3)nc(Cl)nc21. The lowest BCUT2D eigenvalue weighted by molar-refractivity contribution is -0.199. The summed E-state index contributed by atoms with van der Waals surface area (Å²) in [6, 6.07) is 10.6. The summed E-state index contributed by atoms with van der Waals surface area (Å²) in [7, 11) is 0. The number of nitrogens with zero attached hydrogens (tertiary/aromatic N) is 5. The summed E-state index contributed by atoms with van der Waals surface area (Å²) in [5, 5.41) is 10.0. The highest BCUT2D eigenvalue weighted by atomic mass is 35.5. The van der Waals surface area contributed by atoms with E-state index in [1.165, 1.54) is 5.56 Å². The van der Waals surface area contributed by atoms with Crippen molar-refractivity contribution in [3.05, 3.63) is 47.5 Å². The van der Waals surface area contributed by atoms with Crippen molar-refractivity contribution >= 4 is 28.6 Å². The van der Waals surface area contributed by atoms with Crippen LogP contribution < -0.4 is 4.90 Å². The van der Waals surface area contributed by atoms with Gasteiger partial charge in [-0.1, -0.05) is 30.3 Å². The number of imidazole rings is 1. The van der Waals surface area contributed by atoms with Gasteiger partial charge in [0.15, 0.2) is 29.0 Å². The Morgan fingerprint density at radius 1 is 1.15 bits per heavy atom. The smallest absolute Gasteiger partial charge is 0.226 e. The zero-order valence-corrected chi connectivity index (χ0v) is 19.9. The van der Waals surface area contributed by atoms with Crippen molar-refractivity contribution in [2.24, 2.45) is 0 Å². The highest BCUT2D eigenvalue weighted by molar-refractivity contribution is 6.28. The van der Waals surface area contributed by atoms with Gasteiger partial charge in [-0.3, -0.25) is 4.57 Å². The van der Waals surface area contributed by atoms with E-state index in [4.69, 9.17) is 25.8 Å². The molecule has 2 aromatic heterocycles. The van der Waals surface area contributed by atoms with Crippen molar-refractivity contribution in [3.8, 4) is 0 Å². The van der Waals surface area contributed by atoms with Crippen LogP contribution in [0, 0.1) is 0 Å². The van der Waals surface area contributed by atoms with E-state index >= 15 is 0 Å². The molecule has 2 unspecified atom stereocenters. The first-order chi connectivity index (χ1) is 16.4. The van der Waals surface area contributed by atoms with Crippen molar-refractivity contribution in [1.82, 2.24) is 19.5 Å². The monoisotopic (exact) mass is 485 g/mol. The van der Waals surface area contributed by atoms with E-state index in [9.17, 15) is 5.11 Å². The summed E-state index contributed by atoms with van der Waals surface area (Å²) >= 11 is 6.42. The minimum absolute atomic E-state index is 0.156. The number of aromatic nitrogens is 4. The summed E-state index contributed by atoms with van der Waals surface area (Å²) in [5.74, 6) is 0.377. The van der Waals surface area contributed by atoms with Crippen molar-refractivity contribution < 1.29 is 19.3 Å². The fourth-order valence-corrected chi connectivity index (χ4v) is 5.64. The average molecular weight is 486 g/mol. The molecule has 6 rings (SSSR count). The number of rotatable bonds is 4. The third-order valence-electron chi connectivity index (χ3n) is 6.95. The lowest BCUT2D eigenvalue weighted by atomic mass is 9.91. The number of ether oxygens (including phenoxy) is 3. The number of halogens is 1. The number of hydrogen-bond donors (Lipinski definition) is 1. The lowest BCUT2D eigenvalue weighted by Crippen LogP contribution is -2.35. The van der Waals surface area contributed by atoms with Gasteiger partial charge in [-0.05, 0) is 43.9 Å². The van der Waals surface area contributed by atoms with Gasteiger partial charge in [0, 0.05) is 19.0 Å². The molecule has 3 fully saturated rings. The van der Waals surface area contributed by atoms with Gasteiger partial charge in [0.05, 0.1) is 12.9 Å². The Morgan fingerprint density at radius 2 is 1.94 bits per heavy atom.